The first-order chi connectivity index (χ1) is 17.2. The van der Waals surface area contributed by atoms with E-state index in [1.54, 1.807) is 0 Å². The standard InChI is InChI=1S/C19H19F4N7O5S/c20-12-5-10(29-8-11(35-19(29)33)7-24-16(31)15(22)23)6-13(21)14(12)28-1-2-30(34-4-3-28)18(32)26-17-27-25-9-36-17/h5-6,9,11,15H,1-4,7-8H2,(H,24,31)(H,26,27,32). The summed E-state index contributed by atoms with van der Waals surface area (Å²) >= 11 is 1.11. The number of cyclic esters (lactones) is 1. The first-order valence-corrected chi connectivity index (χ1v) is 11.4. The van der Waals surface area contributed by atoms with E-state index in [1.165, 1.54) is 10.4 Å². The molecule has 36 heavy (non-hydrogen) atoms. The highest BCUT2D eigenvalue weighted by atomic mass is 32.1. The lowest BCUT2D eigenvalue weighted by molar-refractivity contribution is -0.132. The number of rotatable bonds is 6. The fraction of sp³-hybridized carbons (Fsp3) is 0.421. The lowest BCUT2D eigenvalue weighted by atomic mass is 10.2. The molecule has 2 aliphatic heterocycles. The Balaban J connectivity index is 1.40. The van der Waals surface area contributed by atoms with Gasteiger partial charge in [-0.2, -0.15) is 8.78 Å². The quantitative estimate of drug-likeness (QED) is 0.538. The van der Waals surface area contributed by atoms with Crippen LogP contribution in [0.1, 0.15) is 0 Å². The van der Waals surface area contributed by atoms with Crippen LogP contribution in [0, 0.1) is 11.6 Å². The van der Waals surface area contributed by atoms with E-state index >= 15 is 8.78 Å². The molecular weight excluding hydrogens is 514 g/mol. The summed E-state index contributed by atoms with van der Waals surface area (Å²) in [5.74, 6) is -3.47. The van der Waals surface area contributed by atoms with Crippen molar-refractivity contribution in [1.82, 2.24) is 20.6 Å². The van der Waals surface area contributed by atoms with Crippen molar-refractivity contribution in [1.29, 1.82) is 0 Å². The molecule has 0 saturated carbocycles. The van der Waals surface area contributed by atoms with E-state index in [1.807, 2.05) is 5.32 Å². The number of hydroxylamine groups is 2. The highest BCUT2D eigenvalue weighted by Gasteiger charge is 2.34. The monoisotopic (exact) mass is 533 g/mol. The number of amides is 4. The first kappa shape index (κ1) is 25.4. The minimum absolute atomic E-state index is 0.0181. The second-order valence-corrected chi connectivity index (χ2v) is 8.35. The van der Waals surface area contributed by atoms with Crippen LogP contribution >= 0.6 is 11.3 Å². The maximum Gasteiger partial charge on any atom is 0.414 e. The molecular formula is C19H19F4N7O5S. The number of alkyl halides is 2. The highest BCUT2D eigenvalue weighted by molar-refractivity contribution is 7.13. The van der Waals surface area contributed by atoms with Gasteiger partial charge < -0.3 is 15.0 Å². The van der Waals surface area contributed by atoms with Gasteiger partial charge in [-0.15, -0.1) is 10.2 Å². The van der Waals surface area contributed by atoms with Gasteiger partial charge in [-0.1, -0.05) is 11.3 Å². The minimum atomic E-state index is -3.23. The number of hydrogen-bond donors (Lipinski definition) is 2. The molecule has 2 N–H and O–H groups in total. The maximum absolute atomic E-state index is 15.0. The van der Waals surface area contributed by atoms with Gasteiger partial charge in [0, 0.05) is 25.2 Å². The Morgan fingerprint density at radius 2 is 1.94 bits per heavy atom. The number of carbonyl (C=O) groups is 3. The lowest BCUT2D eigenvalue weighted by Gasteiger charge is -2.24. The average molecular weight is 533 g/mol. The normalized spacial score (nSPS) is 18.3. The van der Waals surface area contributed by atoms with E-state index in [0.29, 0.717) is 0 Å². The van der Waals surface area contributed by atoms with E-state index in [9.17, 15) is 23.2 Å². The number of nitrogens with zero attached hydrogens (tertiary/aromatic N) is 5. The van der Waals surface area contributed by atoms with E-state index in [2.05, 4.69) is 15.5 Å². The minimum Gasteiger partial charge on any atom is -0.442 e. The molecule has 194 valence electrons. The Hall–Kier alpha value is -3.73. The number of urea groups is 1. The van der Waals surface area contributed by atoms with Crippen molar-refractivity contribution in [2.75, 3.05) is 54.4 Å². The molecule has 1 atom stereocenters. The van der Waals surface area contributed by atoms with Gasteiger partial charge in [-0.05, 0) is 0 Å². The smallest absolute Gasteiger partial charge is 0.414 e. The third-order valence-corrected chi connectivity index (χ3v) is 5.79. The SMILES string of the molecule is O=C(NCC1CN(c2cc(F)c(N3CCON(C(=O)Nc4nncs4)CC3)c(F)c2)C(=O)O1)C(F)F. The van der Waals surface area contributed by atoms with E-state index in [4.69, 9.17) is 9.57 Å². The van der Waals surface area contributed by atoms with Crippen molar-refractivity contribution in [2.45, 2.75) is 12.5 Å². The van der Waals surface area contributed by atoms with Crippen LogP contribution < -0.4 is 20.4 Å². The van der Waals surface area contributed by atoms with Gasteiger partial charge in [0.15, 0.2) is 11.6 Å². The summed E-state index contributed by atoms with van der Waals surface area (Å²) in [6, 6.07) is 1.26. The molecule has 4 amide bonds. The number of halogens is 4. The van der Waals surface area contributed by atoms with Crippen LogP contribution in [0.3, 0.4) is 0 Å². The van der Waals surface area contributed by atoms with Crippen molar-refractivity contribution < 1.29 is 41.5 Å². The summed E-state index contributed by atoms with van der Waals surface area (Å²) in [6.45, 7) is -0.561. The summed E-state index contributed by atoms with van der Waals surface area (Å²) in [7, 11) is 0. The Morgan fingerprint density at radius 3 is 2.61 bits per heavy atom. The van der Waals surface area contributed by atoms with Crippen molar-refractivity contribution in [2.24, 2.45) is 0 Å². The van der Waals surface area contributed by atoms with E-state index in [0.717, 1.165) is 33.4 Å². The van der Waals surface area contributed by atoms with Gasteiger partial charge in [0.05, 0.1) is 31.9 Å². The first-order valence-electron chi connectivity index (χ1n) is 10.5. The van der Waals surface area contributed by atoms with Crippen LogP contribution in [0.25, 0.3) is 0 Å². The summed E-state index contributed by atoms with van der Waals surface area (Å²) in [6.07, 6.45) is -5.15. The van der Waals surface area contributed by atoms with E-state index < -0.39 is 42.2 Å². The van der Waals surface area contributed by atoms with Crippen LogP contribution in [0.4, 0.5) is 43.7 Å². The summed E-state index contributed by atoms with van der Waals surface area (Å²) < 4.78 is 59.6. The van der Waals surface area contributed by atoms with Gasteiger partial charge >= 0.3 is 18.5 Å². The average Bonchev–Trinajstić information content (AvgIpc) is 3.40. The highest BCUT2D eigenvalue weighted by Crippen LogP contribution is 2.31. The predicted molar refractivity (Wildman–Crippen MR) is 117 cm³/mol. The van der Waals surface area contributed by atoms with Crippen LogP contribution in [-0.4, -0.2) is 85.2 Å². The summed E-state index contributed by atoms with van der Waals surface area (Å²) in [4.78, 5) is 43.1. The molecule has 3 heterocycles. The number of nitrogens with one attached hydrogen (secondary N) is 2. The second-order valence-electron chi connectivity index (χ2n) is 7.52. The molecule has 12 nitrogen and oxygen atoms in total. The fourth-order valence-electron chi connectivity index (χ4n) is 3.55. The number of ether oxygens (including phenoxy) is 1. The van der Waals surface area contributed by atoms with Crippen LogP contribution in [-0.2, 0) is 14.4 Å². The Labute approximate surface area is 204 Å². The summed E-state index contributed by atoms with van der Waals surface area (Å²) in [5, 5.41) is 13.0. The second kappa shape index (κ2) is 10.9. The van der Waals surface area contributed by atoms with Gasteiger partial charge in [0.1, 0.15) is 17.3 Å². The van der Waals surface area contributed by atoms with Gasteiger partial charge in [0.25, 0.3) is 5.91 Å². The molecule has 1 aromatic carbocycles. The van der Waals surface area contributed by atoms with Gasteiger partial charge in [-0.3, -0.25) is 19.8 Å². The van der Waals surface area contributed by atoms with Crippen molar-refractivity contribution >= 4 is 45.9 Å². The molecule has 0 bridgehead atoms. The van der Waals surface area contributed by atoms with Crippen molar-refractivity contribution in [3.63, 3.8) is 0 Å². The Morgan fingerprint density at radius 1 is 1.19 bits per heavy atom. The van der Waals surface area contributed by atoms with Gasteiger partial charge in [-0.25, -0.2) is 23.4 Å². The molecule has 2 saturated heterocycles. The third-order valence-electron chi connectivity index (χ3n) is 5.19. The third kappa shape index (κ3) is 5.73. The van der Waals surface area contributed by atoms with E-state index in [-0.39, 0.29) is 55.8 Å². The maximum atomic E-state index is 15.0. The zero-order chi connectivity index (χ0) is 25.8. The largest absolute Gasteiger partial charge is 0.442 e. The molecule has 1 unspecified atom stereocenters. The van der Waals surface area contributed by atoms with Crippen molar-refractivity contribution in [3.05, 3.63) is 29.3 Å². The molecule has 2 aromatic rings. The van der Waals surface area contributed by atoms with Gasteiger partial charge in [0.2, 0.25) is 5.13 Å². The lowest BCUT2D eigenvalue weighted by Crippen LogP contribution is -2.37. The Kier molecular flexibility index (Phi) is 7.68. The molecule has 4 rings (SSSR count). The van der Waals surface area contributed by atoms with Crippen LogP contribution in [0.5, 0.6) is 0 Å². The zero-order valence-corrected chi connectivity index (χ0v) is 19.1. The zero-order valence-electron chi connectivity index (χ0n) is 18.3. The number of aromatic nitrogens is 2. The molecule has 17 heteroatoms. The molecule has 1 aromatic heterocycles. The summed E-state index contributed by atoms with van der Waals surface area (Å²) in [5.41, 5.74) is 0.913. The Bertz CT molecular complexity index is 1100. The van der Waals surface area contributed by atoms with Crippen LogP contribution in [0.2, 0.25) is 0 Å². The number of anilines is 3. The van der Waals surface area contributed by atoms with Crippen LogP contribution in [0.15, 0.2) is 17.6 Å². The predicted octanol–water partition coefficient (Wildman–Crippen LogP) is 1.81. The topological polar surface area (TPSA) is 129 Å². The molecule has 0 aliphatic carbocycles. The number of hydrogen-bond acceptors (Lipinski definition) is 9. The fourth-order valence-corrected chi connectivity index (χ4v) is 3.99. The molecule has 0 radical (unpaired) electrons. The van der Waals surface area contributed by atoms with Crippen molar-refractivity contribution in [3.8, 4) is 0 Å². The molecule has 0 spiro atoms. The number of carbonyl (C=O) groups excluding carboxylic acids is 3. The molecule has 2 aliphatic rings. The number of benzene rings is 1. The molecule has 2 fully saturated rings.